The number of esters is 2. The maximum atomic E-state index is 16.4. The minimum absolute atomic E-state index is 0.0365. The van der Waals surface area contributed by atoms with Crippen molar-refractivity contribution < 1.29 is 48.0 Å². The van der Waals surface area contributed by atoms with Crippen molar-refractivity contribution in [3.63, 3.8) is 0 Å². The normalized spacial score (nSPS) is 23.9. The number of methoxy groups -OCH3 is 3. The molecule has 4 aliphatic rings. The molecule has 2 saturated heterocycles. The number of cyclic esters (lactones) is 1. The van der Waals surface area contributed by atoms with Crippen LogP contribution in [0.1, 0.15) is 65.4 Å². The number of amides is 4. The van der Waals surface area contributed by atoms with E-state index in [1.54, 1.807) is 62.3 Å². The van der Waals surface area contributed by atoms with E-state index in [0.29, 0.717) is 34.6 Å². The number of hydrogen-bond donors (Lipinski definition) is 2. The number of hydrogen-bond acceptors (Lipinski definition) is 11. The van der Waals surface area contributed by atoms with Crippen LogP contribution in [0.25, 0.3) is 0 Å². The molecule has 14 nitrogen and oxygen atoms in total. The second kappa shape index (κ2) is 17.1. The molecule has 5 aromatic carbocycles. The van der Waals surface area contributed by atoms with Crippen LogP contribution < -0.4 is 19.7 Å². The van der Waals surface area contributed by atoms with E-state index >= 15 is 14.4 Å². The van der Waals surface area contributed by atoms with Gasteiger partial charge in [-0.05, 0) is 76.1 Å². The van der Waals surface area contributed by atoms with Gasteiger partial charge in [0.25, 0.3) is 0 Å². The molecule has 4 aliphatic heterocycles. The van der Waals surface area contributed by atoms with Crippen molar-refractivity contribution in [1.82, 2.24) is 15.1 Å². The average molecular weight is 879 g/mol. The first kappa shape index (κ1) is 43.1. The molecule has 5 aromatic rings. The lowest BCUT2D eigenvalue weighted by Gasteiger charge is -2.46. The largest absolute Gasteiger partial charge is 0.508 e. The lowest BCUT2D eigenvalue weighted by atomic mass is 9.65. The fourth-order valence-electron chi connectivity index (χ4n) is 10.6. The van der Waals surface area contributed by atoms with E-state index in [4.69, 9.17) is 18.9 Å². The molecule has 2 fully saturated rings. The third-order valence-electron chi connectivity index (χ3n) is 13.5. The van der Waals surface area contributed by atoms with Gasteiger partial charge >= 0.3 is 18.0 Å². The van der Waals surface area contributed by atoms with Crippen molar-refractivity contribution in [2.45, 2.75) is 62.5 Å². The van der Waals surface area contributed by atoms with Gasteiger partial charge < -0.3 is 34.3 Å². The summed E-state index contributed by atoms with van der Waals surface area (Å²) in [5.74, 6) is -3.59. The lowest BCUT2D eigenvalue weighted by molar-refractivity contribution is -0.179. The van der Waals surface area contributed by atoms with Gasteiger partial charge in [0.15, 0.2) is 11.5 Å². The van der Waals surface area contributed by atoms with Crippen LogP contribution in [0.2, 0.25) is 0 Å². The van der Waals surface area contributed by atoms with Gasteiger partial charge in [-0.3, -0.25) is 19.3 Å². The predicted molar refractivity (Wildman–Crippen MR) is 238 cm³/mol. The number of imide groups is 1. The summed E-state index contributed by atoms with van der Waals surface area (Å²) in [6.45, 7) is 3.85. The summed E-state index contributed by atoms with van der Waals surface area (Å²) in [5, 5.41) is 13.5. The number of ether oxygens (including phenoxy) is 4. The number of aromatic hydroxyl groups is 1. The van der Waals surface area contributed by atoms with Gasteiger partial charge in [0, 0.05) is 13.1 Å². The number of benzene rings is 5. The van der Waals surface area contributed by atoms with Gasteiger partial charge in [0.2, 0.25) is 11.8 Å². The zero-order valence-corrected chi connectivity index (χ0v) is 36.7. The molecule has 0 saturated carbocycles. The zero-order valence-electron chi connectivity index (χ0n) is 36.7. The fourth-order valence-corrected chi connectivity index (χ4v) is 10.6. The number of anilines is 1. The molecule has 334 valence electrons. The molecule has 0 aliphatic carbocycles. The number of fused-ring (bicyclic) bond motifs is 4. The zero-order chi connectivity index (χ0) is 45.7. The number of nitrogens with one attached hydrogen (secondary N) is 1. The van der Waals surface area contributed by atoms with E-state index < -0.39 is 77.3 Å². The van der Waals surface area contributed by atoms with E-state index in [1.807, 2.05) is 77.7 Å². The van der Waals surface area contributed by atoms with Gasteiger partial charge in [-0.1, -0.05) is 105 Å². The Morgan fingerprint density at radius 1 is 0.769 bits per heavy atom. The van der Waals surface area contributed by atoms with Crippen LogP contribution in [0.5, 0.6) is 17.2 Å². The van der Waals surface area contributed by atoms with Crippen LogP contribution >= 0.6 is 0 Å². The van der Waals surface area contributed by atoms with Gasteiger partial charge in [-0.15, -0.1) is 0 Å². The number of nitrogens with zero attached hydrogens (tertiary/aromatic N) is 3. The molecule has 0 unspecified atom stereocenters. The third-order valence-corrected chi connectivity index (χ3v) is 13.5. The van der Waals surface area contributed by atoms with E-state index in [-0.39, 0.29) is 24.5 Å². The average Bonchev–Trinajstić information content (AvgIpc) is 3.79. The van der Waals surface area contributed by atoms with E-state index in [1.165, 1.54) is 26.4 Å². The Kier molecular flexibility index (Phi) is 11.3. The van der Waals surface area contributed by atoms with Gasteiger partial charge in [-0.25, -0.2) is 14.5 Å². The van der Waals surface area contributed by atoms with Crippen LogP contribution in [-0.2, 0) is 47.0 Å². The second-order valence-corrected chi connectivity index (χ2v) is 17.2. The first-order chi connectivity index (χ1) is 31.4. The summed E-state index contributed by atoms with van der Waals surface area (Å²) in [7, 11) is 4.32. The van der Waals surface area contributed by atoms with Crippen molar-refractivity contribution in [2.24, 2.45) is 11.8 Å². The summed E-state index contributed by atoms with van der Waals surface area (Å²) < 4.78 is 22.9. The van der Waals surface area contributed by atoms with Crippen LogP contribution in [0, 0.1) is 11.8 Å². The first-order valence-electron chi connectivity index (χ1n) is 21.7. The Balaban J connectivity index is 1.31. The maximum absolute atomic E-state index is 16.4. The molecule has 0 radical (unpaired) electrons. The van der Waals surface area contributed by atoms with Crippen molar-refractivity contribution in [3.8, 4) is 17.2 Å². The molecule has 4 heterocycles. The number of para-hydroxylation sites is 1. The number of morpholine rings is 1. The molecule has 0 bridgehead atoms. The number of phenols is 1. The Bertz CT molecular complexity index is 2660. The fraction of sp³-hybridized carbons (Fsp3) is 0.314. The summed E-state index contributed by atoms with van der Waals surface area (Å²) >= 11 is 0. The Morgan fingerprint density at radius 3 is 2.02 bits per heavy atom. The minimum atomic E-state index is -1.99. The summed E-state index contributed by atoms with van der Waals surface area (Å²) in [6, 6.07) is 30.4. The number of phenolic OH excluding ortho intramolecular Hbond substituents is 1. The number of carbonyl (C=O) groups excluding carboxylic acids is 5. The highest BCUT2D eigenvalue weighted by Gasteiger charge is 2.76. The molecule has 4 amide bonds. The van der Waals surface area contributed by atoms with Crippen molar-refractivity contribution >= 4 is 35.5 Å². The van der Waals surface area contributed by atoms with Gasteiger partial charge in [-0.2, -0.15) is 0 Å². The molecule has 65 heavy (non-hydrogen) atoms. The lowest BCUT2D eigenvalue weighted by Crippen LogP contribution is -2.58. The Morgan fingerprint density at radius 2 is 1.38 bits per heavy atom. The van der Waals surface area contributed by atoms with Crippen molar-refractivity contribution in [3.05, 3.63) is 155 Å². The molecule has 2 N–H and O–H groups in total. The smallest absolute Gasteiger partial charge is 0.329 e. The summed E-state index contributed by atoms with van der Waals surface area (Å²) in [6.07, 6.45) is -0.469. The minimum Gasteiger partial charge on any atom is -0.508 e. The molecule has 1 spiro atoms. The van der Waals surface area contributed by atoms with Gasteiger partial charge in [0.1, 0.15) is 29.4 Å². The summed E-state index contributed by atoms with van der Waals surface area (Å²) in [4.78, 5) is 80.4. The monoisotopic (exact) mass is 878 g/mol. The second-order valence-electron chi connectivity index (χ2n) is 17.2. The molecular weight excluding hydrogens is 829 g/mol. The molecule has 0 aromatic heterocycles. The van der Waals surface area contributed by atoms with Crippen molar-refractivity contribution in [2.75, 3.05) is 32.8 Å². The van der Waals surface area contributed by atoms with Crippen LogP contribution in [0.4, 0.5) is 10.5 Å². The third kappa shape index (κ3) is 6.94. The number of urea groups is 1. The summed E-state index contributed by atoms with van der Waals surface area (Å²) in [5.41, 5.74) is 2.26. The van der Waals surface area contributed by atoms with Crippen LogP contribution in [0.15, 0.2) is 121 Å². The predicted octanol–water partition coefficient (Wildman–Crippen LogP) is 6.57. The molecular formula is C51H50N4O10. The first-order valence-corrected chi connectivity index (χ1v) is 21.7. The van der Waals surface area contributed by atoms with E-state index in [9.17, 15) is 14.7 Å². The maximum Gasteiger partial charge on any atom is 0.329 e. The highest BCUT2D eigenvalue weighted by molar-refractivity contribution is 6.25. The molecule has 14 heteroatoms. The highest BCUT2D eigenvalue weighted by atomic mass is 16.6. The van der Waals surface area contributed by atoms with Crippen LogP contribution in [-0.4, -0.2) is 84.6 Å². The SMILES string of the molecule is COC(=O)[C@@H](NC(=O)N1C(=O)[C@@]2(c3ccccc31)[C@H](c1ccc(O)cc1)N1[C@H](c3ccccc3)[C@H](c3ccccc3)OC(=O)[C@H]1[C@@H]2C(=O)N1CCc2cc(OC)c(OC)cc2C1)C(C)C. The Labute approximate surface area is 376 Å². The van der Waals surface area contributed by atoms with Crippen LogP contribution in [0.3, 0.4) is 0 Å². The standard InChI is InChI=1S/C51H50N4O10/c1-29(2)41(47(58)64-5)52-50(61)54-37-19-13-12-18-36(37)51(49(54)60)40(46(57)53-25-24-33-26-38(62-3)39(63-4)27-34(33)28-53)43-48(59)65-44(31-16-10-7-11-17-31)42(30-14-8-6-9-15-30)55(43)45(51)32-20-22-35(56)23-21-32/h6-23,26-27,29,40-45,56H,24-25,28H2,1-5H3,(H,52,61)/t40-,41+,42-,43-,44+,45+,51-/m1/s1. The van der Waals surface area contributed by atoms with E-state index in [0.717, 1.165) is 21.6 Å². The number of rotatable bonds is 9. The van der Waals surface area contributed by atoms with Crippen molar-refractivity contribution in [1.29, 1.82) is 0 Å². The number of carbonyl (C=O) groups is 5. The molecule has 9 rings (SSSR count). The molecule has 7 atom stereocenters. The van der Waals surface area contributed by atoms with Gasteiger partial charge in [0.05, 0.1) is 45.0 Å². The highest BCUT2D eigenvalue weighted by Crippen LogP contribution is 2.66. The van der Waals surface area contributed by atoms with E-state index in [2.05, 4.69) is 5.32 Å². The quantitative estimate of drug-likeness (QED) is 0.154. The topological polar surface area (TPSA) is 164 Å². The Hall–Kier alpha value is -7.19.